The average molecular weight is 421 g/mol. The van der Waals surface area contributed by atoms with Gasteiger partial charge in [-0.3, -0.25) is 14.5 Å². The van der Waals surface area contributed by atoms with Gasteiger partial charge < -0.3 is 10.1 Å². The van der Waals surface area contributed by atoms with Crippen LogP contribution in [0.15, 0.2) is 54.6 Å². The highest BCUT2D eigenvalue weighted by atomic mass is 16.5. The molecule has 4 rings (SSSR count). The van der Waals surface area contributed by atoms with Crippen molar-refractivity contribution in [3.63, 3.8) is 0 Å². The lowest BCUT2D eigenvalue weighted by Gasteiger charge is -2.43. The molecular formula is C26H32N2O3. The summed E-state index contributed by atoms with van der Waals surface area (Å²) in [5.41, 5.74) is 1.98. The van der Waals surface area contributed by atoms with Crippen molar-refractivity contribution in [1.29, 1.82) is 0 Å². The molecule has 2 aromatic rings. The van der Waals surface area contributed by atoms with Gasteiger partial charge in [0.25, 0.3) is 5.91 Å². The van der Waals surface area contributed by atoms with Crippen molar-refractivity contribution in [2.24, 2.45) is 5.92 Å². The summed E-state index contributed by atoms with van der Waals surface area (Å²) < 4.78 is 6.28. The van der Waals surface area contributed by atoms with E-state index in [0.717, 1.165) is 36.8 Å². The largest absolute Gasteiger partial charge is 0.353 e. The second kappa shape index (κ2) is 8.83. The number of ether oxygens (including phenoxy) is 1. The van der Waals surface area contributed by atoms with Crippen LogP contribution in [0.4, 0.5) is 0 Å². The summed E-state index contributed by atoms with van der Waals surface area (Å²) in [7, 11) is 0. The molecule has 1 N–H and O–H groups in total. The summed E-state index contributed by atoms with van der Waals surface area (Å²) in [4.78, 5) is 28.8. The fourth-order valence-corrected chi connectivity index (χ4v) is 4.83. The number of nitrogens with one attached hydrogen (secondary N) is 1. The van der Waals surface area contributed by atoms with E-state index in [9.17, 15) is 9.59 Å². The molecule has 0 radical (unpaired) electrons. The lowest BCUT2D eigenvalue weighted by Crippen LogP contribution is -2.57. The third-order valence-corrected chi connectivity index (χ3v) is 6.76. The van der Waals surface area contributed by atoms with Crippen LogP contribution in [0.3, 0.4) is 0 Å². The highest BCUT2D eigenvalue weighted by molar-refractivity contribution is 5.98. The molecular weight excluding hydrogens is 388 g/mol. The van der Waals surface area contributed by atoms with E-state index in [1.165, 1.54) is 0 Å². The summed E-state index contributed by atoms with van der Waals surface area (Å²) in [6.07, 6.45) is 3.52. The summed E-state index contributed by atoms with van der Waals surface area (Å²) in [6.45, 7) is 6.41. The van der Waals surface area contributed by atoms with E-state index < -0.39 is 11.8 Å². The van der Waals surface area contributed by atoms with Crippen molar-refractivity contribution in [1.82, 2.24) is 10.2 Å². The predicted octanol–water partition coefficient (Wildman–Crippen LogP) is 4.62. The molecule has 31 heavy (non-hydrogen) atoms. The first-order chi connectivity index (χ1) is 14.9. The van der Waals surface area contributed by atoms with Gasteiger partial charge in [0.2, 0.25) is 5.91 Å². The molecule has 5 nitrogen and oxygen atoms in total. The molecule has 1 saturated heterocycles. The van der Waals surface area contributed by atoms with Crippen LogP contribution in [-0.2, 0) is 9.53 Å². The fraction of sp³-hybridized carbons (Fsp3) is 0.462. The molecule has 1 saturated carbocycles. The molecule has 1 heterocycles. The number of hydrogen-bond donors (Lipinski definition) is 1. The molecule has 2 aromatic carbocycles. The number of carbonyl (C=O) groups is 2. The highest BCUT2D eigenvalue weighted by Crippen LogP contribution is 2.43. The average Bonchev–Trinajstić information content (AvgIpc) is 3.15. The van der Waals surface area contributed by atoms with Crippen molar-refractivity contribution in [3.8, 4) is 0 Å². The minimum absolute atomic E-state index is 0.122. The van der Waals surface area contributed by atoms with Crippen molar-refractivity contribution in [2.45, 2.75) is 64.3 Å². The Hall–Kier alpha value is -2.66. The zero-order valence-electron chi connectivity index (χ0n) is 18.6. The van der Waals surface area contributed by atoms with Crippen LogP contribution < -0.4 is 5.32 Å². The summed E-state index contributed by atoms with van der Waals surface area (Å²) in [5.74, 6) is 0.326. The van der Waals surface area contributed by atoms with E-state index in [4.69, 9.17) is 4.74 Å². The predicted molar refractivity (Wildman–Crippen MR) is 120 cm³/mol. The van der Waals surface area contributed by atoms with Gasteiger partial charge >= 0.3 is 0 Å². The molecule has 2 amide bonds. The maximum absolute atomic E-state index is 13.7. The molecule has 1 aliphatic heterocycles. The lowest BCUT2D eigenvalue weighted by molar-refractivity contribution is -0.128. The molecule has 1 aliphatic carbocycles. The first-order valence-corrected chi connectivity index (χ1v) is 11.3. The van der Waals surface area contributed by atoms with Crippen molar-refractivity contribution >= 4 is 11.8 Å². The van der Waals surface area contributed by atoms with Crippen LogP contribution in [0.2, 0.25) is 0 Å². The molecule has 2 fully saturated rings. The van der Waals surface area contributed by atoms with Crippen molar-refractivity contribution < 1.29 is 14.3 Å². The third kappa shape index (κ3) is 4.38. The number of hydrogen-bond acceptors (Lipinski definition) is 3. The van der Waals surface area contributed by atoms with Crippen LogP contribution in [0.25, 0.3) is 0 Å². The number of rotatable bonds is 4. The van der Waals surface area contributed by atoms with Gasteiger partial charge in [-0.2, -0.15) is 0 Å². The second-order valence-electron chi connectivity index (χ2n) is 9.14. The van der Waals surface area contributed by atoms with Gasteiger partial charge in [0.1, 0.15) is 11.8 Å². The van der Waals surface area contributed by atoms with Crippen LogP contribution >= 0.6 is 0 Å². The Morgan fingerprint density at radius 3 is 2.48 bits per heavy atom. The Balaban J connectivity index is 1.61. The smallest absolute Gasteiger partial charge is 0.256 e. The van der Waals surface area contributed by atoms with Gasteiger partial charge in [-0.05, 0) is 63.1 Å². The Morgan fingerprint density at radius 2 is 1.81 bits per heavy atom. The lowest BCUT2D eigenvalue weighted by atomic mass is 9.83. The molecule has 2 atom stereocenters. The minimum Gasteiger partial charge on any atom is -0.353 e. The minimum atomic E-state index is -0.689. The molecule has 0 aromatic heterocycles. The third-order valence-electron chi connectivity index (χ3n) is 6.76. The van der Waals surface area contributed by atoms with Gasteiger partial charge in [-0.25, -0.2) is 0 Å². The van der Waals surface area contributed by atoms with Gasteiger partial charge in [-0.15, -0.1) is 0 Å². The maximum atomic E-state index is 13.7. The summed E-state index contributed by atoms with van der Waals surface area (Å²) >= 11 is 0. The Morgan fingerprint density at radius 1 is 1.10 bits per heavy atom. The molecule has 5 heteroatoms. The van der Waals surface area contributed by atoms with Crippen molar-refractivity contribution in [3.05, 3.63) is 71.3 Å². The quantitative estimate of drug-likeness (QED) is 0.785. The van der Waals surface area contributed by atoms with E-state index >= 15 is 0 Å². The zero-order chi connectivity index (χ0) is 22.0. The van der Waals surface area contributed by atoms with Gasteiger partial charge in [0.05, 0.1) is 12.6 Å². The number of carbonyl (C=O) groups excluding carboxylic acids is 2. The number of benzene rings is 2. The first kappa shape index (κ1) is 21.6. The van der Waals surface area contributed by atoms with E-state index in [-0.39, 0.29) is 24.5 Å². The van der Waals surface area contributed by atoms with Crippen LogP contribution in [-0.4, -0.2) is 35.1 Å². The van der Waals surface area contributed by atoms with Crippen LogP contribution in [0, 0.1) is 12.8 Å². The summed E-state index contributed by atoms with van der Waals surface area (Å²) in [6, 6.07) is 16.7. The standard InChI is InChI=1S/C26H32N2O3/c1-18-12-14-26(15-13-18)28(25(30)22-11-7-8-19(2)16-22)23(17-31-26)24(29)27-20(3)21-9-5-4-6-10-21/h4-11,16,18,20,23H,12-15,17H2,1-3H3,(H,27,29)/t18?,20-,23+,26?/m1/s1. The first-order valence-electron chi connectivity index (χ1n) is 11.3. The van der Waals surface area contributed by atoms with E-state index in [0.29, 0.717) is 11.5 Å². The summed E-state index contributed by atoms with van der Waals surface area (Å²) in [5, 5.41) is 3.10. The fourth-order valence-electron chi connectivity index (χ4n) is 4.83. The Bertz CT molecular complexity index is 935. The number of nitrogens with zero attached hydrogens (tertiary/aromatic N) is 1. The van der Waals surface area contributed by atoms with E-state index in [1.807, 2.05) is 68.4 Å². The van der Waals surface area contributed by atoms with Crippen LogP contribution in [0.5, 0.6) is 0 Å². The second-order valence-corrected chi connectivity index (χ2v) is 9.14. The number of amides is 2. The van der Waals surface area contributed by atoms with Gasteiger partial charge in [-0.1, -0.05) is 55.0 Å². The molecule has 0 bridgehead atoms. The molecule has 1 spiro atoms. The monoisotopic (exact) mass is 420 g/mol. The molecule has 0 unspecified atom stereocenters. The van der Waals surface area contributed by atoms with E-state index in [1.54, 1.807) is 4.90 Å². The van der Waals surface area contributed by atoms with Gasteiger partial charge in [0, 0.05) is 5.56 Å². The van der Waals surface area contributed by atoms with E-state index in [2.05, 4.69) is 12.2 Å². The molecule has 2 aliphatic rings. The van der Waals surface area contributed by atoms with Gasteiger partial charge in [0.15, 0.2) is 0 Å². The van der Waals surface area contributed by atoms with Crippen molar-refractivity contribution in [2.75, 3.05) is 6.61 Å². The molecule has 164 valence electrons. The number of aryl methyl sites for hydroxylation is 1. The Kier molecular flexibility index (Phi) is 6.15. The highest BCUT2D eigenvalue weighted by Gasteiger charge is 2.53. The normalized spacial score (nSPS) is 26.6. The zero-order valence-corrected chi connectivity index (χ0v) is 18.6. The van der Waals surface area contributed by atoms with Crippen LogP contribution in [0.1, 0.15) is 67.1 Å². The SMILES string of the molecule is Cc1cccc(C(=O)N2[C@H](C(=O)N[C@H](C)c3ccccc3)COC23CCC(C)CC3)c1. The Labute approximate surface area is 184 Å². The maximum Gasteiger partial charge on any atom is 0.256 e. The topological polar surface area (TPSA) is 58.6 Å².